The van der Waals surface area contributed by atoms with Gasteiger partial charge in [-0.05, 0) is 41.5 Å². The quantitative estimate of drug-likeness (QED) is 0.411. The molecule has 5 nitrogen and oxygen atoms in total. The van der Waals surface area contributed by atoms with Gasteiger partial charge in [0.1, 0.15) is 11.4 Å². The number of carbonyl (C=O) groups excluding carboxylic acids is 1. The molecule has 1 unspecified atom stereocenters. The number of phenols is 1. The number of aromatic amines is 1. The molecule has 31 heavy (non-hydrogen) atoms. The number of rotatable bonds is 4. The number of H-pyrrole nitrogens is 1. The van der Waals surface area contributed by atoms with E-state index in [2.05, 4.69) is 10.2 Å². The minimum atomic E-state index is -0.385. The summed E-state index contributed by atoms with van der Waals surface area (Å²) in [4.78, 5) is 15.2. The fraction of sp³-hybridized carbons (Fsp3) is 0.0833. The van der Waals surface area contributed by atoms with Crippen molar-refractivity contribution in [3.8, 4) is 17.0 Å². The molecule has 0 bridgehead atoms. The number of benzene rings is 3. The molecule has 1 atom stereocenters. The first kappa shape index (κ1) is 19.7. The molecule has 0 spiro atoms. The number of carbonyl (C=O) groups is 1. The normalized spacial score (nSPS) is 15.4. The zero-order valence-electron chi connectivity index (χ0n) is 16.2. The third-order valence-corrected chi connectivity index (χ3v) is 6.11. The van der Waals surface area contributed by atoms with Gasteiger partial charge >= 0.3 is 0 Å². The summed E-state index contributed by atoms with van der Waals surface area (Å²) >= 11 is 12.4. The molecule has 7 heteroatoms. The van der Waals surface area contributed by atoms with E-state index in [1.165, 1.54) is 0 Å². The van der Waals surface area contributed by atoms with Crippen LogP contribution in [-0.4, -0.2) is 26.1 Å². The number of phenolic OH excluding ortho intramolecular Hbond substituents is 1. The Morgan fingerprint density at radius 3 is 2.39 bits per heavy atom. The van der Waals surface area contributed by atoms with Crippen molar-refractivity contribution < 1.29 is 9.90 Å². The number of aromatic nitrogens is 2. The van der Waals surface area contributed by atoms with Crippen molar-refractivity contribution >= 4 is 29.1 Å². The van der Waals surface area contributed by atoms with E-state index in [0.29, 0.717) is 28.0 Å². The smallest absolute Gasteiger partial charge is 0.273 e. The number of hydrogen-bond donors (Lipinski definition) is 2. The Morgan fingerprint density at radius 1 is 0.968 bits per heavy atom. The summed E-state index contributed by atoms with van der Waals surface area (Å²) in [5.74, 6) is 0.0109. The van der Waals surface area contributed by atoms with Crippen molar-refractivity contribution in [3.63, 3.8) is 0 Å². The largest absolute Gasteiger partial charge is 0.508 e. The molecule has 1 aliphatic rings. The lowest BCUT2D eigenvalue weighted by Gasteiger charge is -2.27. The summed E-state index contributed by atoms with van der Waals surface area (Å²) in [6.07, 6.45) is 0. The average molecular weight is 450 g/mol. The SMILES string of the molecule is O=C1c2[nH]nc(-c3ccc(Cl)cc3)c2C(c2ccc(O)cc2)N1Cc1ccccc1Cl. The third-order valence-electron chi connectivity index (χ3n) is 5.49. The van der Waals surface area contributed by atoms with Gasteiger partial charge in [0.2, 0.25) is 0 Å². The van der Waals surface area contributed by atoms with Crippen LogP contribution in [-0.2, 0) is 6.54 Å². The standard InChI is InChI=1S/C24H17Cl2N3O2/c25-17-9-5-14(6-10-17)21-20-22(28-27-21)24(31)29(13-16-3-1-2-4-19(16)26)23(20)15-7-11-18(30)12-8-15/h1-12,23,30H,13H2,(H,27,28). The Hall–Kier alpha value is -3.28. The van der Waals surface area contributed by atoms with Crippen LogP contribution in [0.1, 0.15) is 33.2 Å². The fourth-order valence-electron chi connectivity index (χ4n) is 4.00. The fourth-order valence-corrected chi connectivity index (χ4v) is 4.32. The summed E-state index contributed by atoms with van der Waals surface area (Å²) < 4.78 is 0. The predicted molar refractivity (Wildman–Crippen MR) is 120 cm³/mol. The molecule has 0 fully saturated rings. The molecule has 4 aromatic rings. The van der Waals surface area contributed by atoms with Crippen molar-refractivity contribution in [2.75, 3.05) is 0 Å². The van der Waals surface area contributed by atoms with Gasteiger partial charge in [-0.3, -0.25) is 9.89 Å². The predicted octanol–water partition coefficient (Wildman–Crippen LogP) is 5.83. The Labute approximate surface area is 188 Å². The zero-order chi connectivity index (χ0) is 21.5. The molecule has 1 aliphatic heterocycles. The first-order valence-electron chi connectivity index (χ1n) is 9.70. The Bertz CT molecular complexity index is 1270. The molecular formula is C24H17Cl2N3O2. The van der Waals surface area contributed by atoms with Gasteiger partial charge in [-0.2, -0.15) is 5.10 Å². The number of halogens is 2. The lowest BCUT2D eigenvalue weighted by molar-refractivity contribution is 0.0730. The maximum Gasteiger partial charge on any atom is 0.273 e. The topological polar surface area (TPSA) is 69.2 Å². The maximum atomic E-state index is 13.4. The Morgan fingerprint density at radius 2 is 1.68 bits per heavy atom. The summed E-state index contributed by atoms with van der Waals surface area (Å²) in [6.45, 7) is 0.340. The molecule has 1 amide bonds. The van der Waals surface area contributed by atoms with Crippen LogP contribution in [0.5, 0.6) is 5.75 Å². The van der Waals surface area contributed by atoms with Crippen LogP contribution >= 0.6 is 23.2 Å². The Balaban J connectivity index is 1.65. The zero-order valence-corrected chi connectivity index (χ0v) is 17.7. The van der Waals surface area contributed by atoms with Gasteiger partial charge in [-0.1, -0.05) is 65.7 Å². The summed E-state index contributed by atoms with van der Waals surface area (Å²) in [6, 6.07) is 21.3. The second kappa shape index (κ2) is 7.76. The molecule has 2 N–H and O–H groups in total. The van der Waals surface area contributed by atoms with Gasteiger partial charge in [0.25, 0.3) is 5.91 Å². The minimum absolute atomic E-state index is 0.152. The first-order valence-corrected chi connectivity index (χ1v) is 10.5. The van der Waals surface area contributed by atoms with E-state index in [4.69, 9.17) is 23.2 Å². The second-order valence-corrected chi connectivity index (χ2v) is 8.23. The lowest BCUT2D eigenvalue weighted by atomic mass is 9.96. The average Bonchev–Trinajstić information content (AvgIpc) is 3.31. The van der Waals surface area contributed by atoms with Crippen LogP contribution < -0.4 is 0 Å². The lowest BCUT2D eigenvalue weighted by Crippen LogP contribution is -2.29. The first-order chi connectivity index (χ1) is 15.0. The number of fused-ring (bicyclic) bond motifs is 1. The highest BCUT2D eigenvalue weighted by molar-refractivity contribution is 6.31. The van der Waals surface area contributed by atoms with Crippen LogP contribution in [0.2, 0.25) is 10.0 Å². The monoisotopic (exact) mass is 449 g/mol. The summed E-state index contributed by atoms with van der Waals surface area (Å²) in [7, 11) is 0. The van der Waals surface area contributed by atoms with Gasteiger partial charge in [-0.15, -0.1) is 0 Å². The van der Waals surface area contributed by atoms with Crippen molar-refractivity contribution in [1.82, 2.24) is 15.1 Å². The van der Waals surface area contributed by atoms with Gasteiger partial charge in [-0.25, -0.2) is 0 Å². The van der Waals surface area contributed by atoms with Crippen molar-refractivity contribution in [2.45, 2.75) is 12.6 Å². The summed E-state index contributed by atoms with van der Waals surface area (Å²) in [5, 5.41) is 18.4. The molecule has 0 saturated heterocycles. The molecule has 5 rings (SSSR count). The van der Waals surface area contributed by atoms with Crippen molar-refractivity contribution in [2.24, 2.45) is 0 Å². The number of aromatic hydroxyl groups is 1. The molecule has 1 aromatic heterocycles. The van der Waals surface area contributed by atoms with E-state index in [1.54, 1.807) is 29.2 Å². The number of hydrogen-bond acceptors (Lipinski definition) is 3. The minimum Gasteiger partial charge on any atom is -0.508 e. The molecular weight excluding hydrogens is 433 g/mol. The van der Waals surface area contributed by atoms with Gasteiger partial charge < -0.3 is 10.0 Å². The van der Waals surface area contributed by atoms with Gasteiger partial charge in [0, 0.05) is 27.7 Å². The molecule has 2 heterocycles. The molecule has 0 radical (unpaired) electrons. The third kappa shape index (κ3) is 3.46. The number of nitrogens with zero attached hydrogens (tertiary/aromatic N) is 2. The van der Waals surface area contributed by atoms with E-state index in [-0.39, 0.29) is 17.7 Å². The molecule has 3 aromatic carbocycles. The highest BCUT2D eigenvalue weighted by Crippen LogP contribution is 2.44. The van der Waals surface area contributed by atoms with Crippen molar-refractivity contribution in [1.29, 1.82) is 0 Å². The van der Waals surface area contributed by atoms with E-state index < -0.39 is 0 Å². The second-order valence-electron chi connectivity index (χ2n) is 7.39. The highest BCUT2D eigenvalue weighted by Gasteiger charge is 2.42. The van der Waals surface area contributed by atoms with Crippen LogP contribution in [0.4, 0.5) is 0 Å². The Kier molecular flexibility index (Phi) is 4.93. The van der Waals surface area contributed by atoms with Gasteiger partial charge in [0.05, 0.1) is 11.7 Å². The highest BCUT2D eigenvalue weighted by atomic mass is 35.5. The van der Waals surface area contributed by atoms with E-state index in [1.807, 2.05) is 48.5 Å². The van der Waals surface area contributed by atoms with E-state index in [0.717, 1.165) is 22.3 Å². The maximum absolute atomic E-state index is 13.4. The van der Waals surface area contributed by atoms with Crippen LogP contribution in [0.15, 0.2) is 72.8 Å². The van der Waals surface area contributed by atoms with Gasteiger partial charge in [0.15, 0.2) is 0 Å². The summed E-state index contributed by atoms with van der Waals surface area (Å²) in [5.41, 5.74) is 4.53. The van der Waals surface area contributed by atoms with Crippen LogP contribution in [0.25, 0.3) is 11.3 Å². The van der Waals surface area contributed by atoms with E-state index in [9.17, 15) is 9.90 Å². The molecule has 154 valence electrons. The van der Waals surface area contributed by atoms with E-state index >= 15 is 0 Å². The van der Waals surface area contributed by atoms with Crippen LogP contribution in [0.3, 0.4) is 0 Å². The van der Waals surface area contributed by atoms with Crippen LogP contribution in [0, 0.1) is 0 Å². The molecule has 0 aliphatic carbocycles. The number of nitrogens with one attached hydrogen (secondary N) is 1. The molecule has 0 saturated carbocycles. The van der Waals surface area contributed by atoms with Crippen molar-refractivity contribution in [3.05, 3.63) is 105 Å². The number of amides is 1.